The molecule has 3 aromatic rings. The predicted molar refractivity (Wildman–Crippen MR) is 112 cm³/mol. The lowest BCUT2D eigenvalue weighted by Gasteiger charge is -2.36. The summed E-state index contributed by atoms with van der Waals surface area (Å²) in [5.41, 5.74) is 3.66. The average molecular weight is 389 g/mol. The zero-order chi connectivity index (χ0) is 20.4. The Hall–Kier alpha value is -3.54. The van der Waals surface area contributed by atoms with Crippen LogP contribution in [-0.4, -0.2) is 41.4 Å². The molecule has 6 nitrogen and oxygen atoms in total. The van der Waals surface area contributed by atoms with E-state index in [1.807, 2.05) is 42.5 Å². The maximum absolute atomic E-state index is 12.7. The molecular weight excluding hydrogens is 366 g/mol. The van der Waals surface area contributed by atoms with Crippen LogP contribution < -0.4 is 10.1 Å². The second-order valence-corrected chi connectivity index (χ2v) is 7.14. The summed E-state index contributed by atoms with van der Waals surface area (Å²) < 4.78 is 5.23. The normalized spacial score (nSPS) is 15.6. The van der Waals surface area contributed by atoms with E-state index in [2.05, 4.69) is 22.9 Å². The van der Waals surface area contributed by atoms with Crippen molar-refractivity contribution in [1.29, 1.82) is 0 Å². The van der Waals surface area contributed by atoms with Gasteiger partial charge in [0.05, 0.1) is 13.2 Å². The summed E-state index contributed by atoms with van der Waals surface area (Å²) in [5.74, 6) is 0.396. The number of nitrogens with zero attached hydrogens (tertiary/aromatic N) is 1. The number of nitrogens with one attached hydrogen (secondary N) is 2. The summed E-state index contributed by atoms with van der Waals surface area (Å²) in [6, 6.07) is 15.4. The van der Waals surface area contributed by atoms with Gasteiger partial charge in [-0.2, -0.15) is 0 Å². The first-order chi connectivity index (χ1) is 14.1. The van der Waals surface area contributed by atoms with Crippen molar-refractivity contribution in [2.24, 2.45) is 0 Å². The van der Waals surface area contributed by atoms with Crippen LogP contribution in [0.3, 0.4) is 0 Å². The van der Waals surface area contributed by atoms with Crippen molar-refractivity contribution in [3.63, 3.8) is 0 Å². The number of aromatic nitrogens is 1. The van der Waals surface area contributed by atoms with Gasteiger partial charge in [0.25, 0.3) is 5.91 Å². The Bertz CT molecular complexity index is 1090. The van der Waals surface area contributed by atoms with Crippen molar-refractivity contribution >= 4 is 22.7 Å². The van der Waals surface area contributed by atoms with E-state index >= 15 is 0 Å². The average Bonchev–Trinajstić information content (AvgIpc) is 3.19. The second kappa shape index (κ2) is 7.83. The fourth-order valence-electron chi connectivity index (χ4n) is 3.81. The fourth-order valence-corrected chi connectivity index (χ4v) is 3.81. The summed E-state index contributed by atoms with van der Waals surface area (Å²) in [5, 5.41) is 3.90. The number of hydrogen-bond donors (Lipinski definition) is 2. The predicted octanol–water partition coefficient (Wildman–Crippen LogP) is 3.05. The van der Waals surface area contributed by atoms with E-state index in [9.17, 15) is 9.59 Å². The van der Waals surface area contributed by atoms with Gasteiger partial charge < -0.3 is 19.9 Å². The zero-order valence-corrected chi connectivity index (χ0v) is 16.3. The maximum Gasteiger partial charge on any atom is 0.267 e. The number of aromatic amines is 1. The first-order valence-corrected chi connectivity index (χ1v) is 9.54. The molecule has 1 atom stereocenters. The second-order valence-electron chi connectivity index (χ2n) is 7.14. The minimum Gasteiger partial charge on any atom is -0.497 e. The molecule has 0 fully saturated rings. The van der Waals surface area contributed by atoms with Crippen molar-refractivity contribution in [2.75, 3.05) is 13.7 Å². The highest BCUT2D eigenvalue weighted by Gasteiger charge is 2.28. The fraction of sp³-hybridized carbons (Fsp3) is 0.217. The first-order valence-electron chi connectivity index (χ1n) is 9.54. The number of ether oxygens (including phenoxy) is 1. The number of carbonyl (C=O) groups is 2. The summed E-state index contributed by atoms with van der Waals surface area (Å²) in [7, 11) is 1.61. The van der Waals surface area contributed by atoms with Crippen LogP contribution in [0.5, 0.6) is 5.75 Å². The molecule has 2 aromatic carbocycles. The monoisotopic (exact) mass is 389 g/mol. The molecule has 0 radical (unpaired) electrons. The molecule has 2 heterocycles. The van der Waals surface area contributed by atoms with Crippen molar-refractivity contribution in [3.8, 4) is 5.75 Å². The van der Waals surface area contributed by atoms with Gasteiger partial charge in [0.2, 0.25) is 5.91 Å². The van der Waals surface area contributed by atoms with Gasteiger partial charge in [-0.1, -0.05) is 30.8 Å². The Kier molecular flexibility index (Phi) is 5.08. The molecule has 0 saturated heterocycles. The molecule has 2 amide bonds. The van der Waals surface area contributed by atoms with Gasteiger partial charge in [0.1, 0.15) is 11.4 Å². The van der Waals surface area contributed by atoms with Gasteiger partial charge in [0.15, 0.2) is 0 Å². The van der Waals surface area contributed by atoms with Crippen molar-refractivity contribution in [2.45, 2.75) is 19.0 Å². The van der Waals surface area contributed by atoms with Crippen LogP contribution in [-0.2, 0) is 17.8 Å². The van der Waals surface area contributed by atoms with Crippen LogP contribution >= 0.6 is 0 Å². The summed E-state index contributed by atoms with van der Waals surface area (Å²) in [4.78, 5) is 30.0. The Morgan fingerprint density at radius 1 is 1.24 bits per heavy atom. The number of rotatable bonds is 5. The molecule has 0 spiro atoms. The Morgan fingerprint density at radius 2 is 2.03 bits per heavy atom. The highest BCUT2D eigenvalue weighted by Crippen LogP contribution is 2.24. The van der Waals surface area contributed by atoms with Gasteiger partial charge in [-0.05, 0) is 41.8 Å². The largest absolute Gasteiger partial charge is 0.497 e. The highest BCUT2D eigenvalue weighted by molar-refractivity contribution is 5.98. The standard InChI is InChI=1S/C23H23N3O3/c1-3-22(27)26-14-17-7-5-4-6-15(17)10-18(26)13-24-23(28)21-11-16-8-9-19(29-2)12-20(16)25-21/h3-9,11-12,18,25H,1,10,13-14H2,2H3,(H,24,28). The Morgan fingerprint density at radius 3 is 2.79 bits per heavy atom. The lowest BCUT2D eigenvalue weighted by Crippen LogP contribution is -2.49. The van der Waals surface area contributed by atoms with E-state index in [4.69, 9.17) is 4.74 Å². The molecule has 4 rings (SSSR count). The summed E-state index contributed by atoms with van der Waals surface area (Å²) in [6.07, 6.45) is 2.02. The van der Waals surface area contributed by atoms with Crippen LogP contribution in [0.2, 0.25) is 0 Å². The smallest absolute Gasteiger partial charge is 0.267 e. The molecule has 0 aliphatic carbocycles. The van der Waals surface area contributed by atoms with E-state index in [0.29, 0.717) is 25.2 Å². The van der Waals surface area contributed by atoms with Crippen LogP contribution in [0.15, 0.2) is 61.2 Å². The van der Waals surface area contributed by atoms with E-state index in [1.54, 1.807) is 12.0 Å². The van der Waals surface area contributed by atoms with Crippen LogP contribution in [0, 0.1) is 0 Å². The van der Waals surface area contributed by atoms with Gasteiger partial charge in [-0.3, -0.25) is 9.59 Å². The number of amides is 2. The van der Waals surface area contributed by atoms with E-state index in [0.717, 1.165) is 22.2 Å². The van der Waals surface area contributed by atoms with E-state index in [-0.39, 0.29) is 17.9 Å². The van der Waals surface area contributed by atoms with Gasteiger partial charge in [-0.25, -0.2) is 0 Å². The van der Waals surface area contributed by atoms with Crippen molar-refractivity contribution in [1.82, 2.24) is 15.2 Å². The number of benzene rings is 2. The van der Waals surface area contributed by atoms with Crippen LogP contribution in [0.4, 0.5) is 0 Å². The lowest BCUT2D eigenvalue weighted by atomic mass is 9.93. The topological polar surface area (TPSA) is 74.4 Å². The molecule has 1 aliphatic heterocycles. The maximum atomic E-state index is 12.7. The lowest BCUT2D eigenvalue weighted by molar-refractivity contribution is -0.129. The molecule has 0 bridgehead atoms. The molecule has 1 unspecified atom stereocenters. The summed E-state index contributed by atoms with van der Waals surface area (Å²) in [6.45, 7) is 4.50. The third-order valence-corrected chi connectivity index (χ3v) is 5.39. The number of fused-ring (bicyclic) bond motifs is 2. The molecule has 2 N–H and O–H groups in total. The van der Waals surface area contributed by atoms with Crippen molar-refractivity contribution in [3.05, 3.63) is 78.0 Å². The Labute approximate surface area is 169 Å². The number of H-pyrrole nitrogens is 1. The van der Waals surface area contributed by atoms with Crippen molar-refractivity contribution < 1.29 is 14.3 Å². The first kappa shape index (κ1) is 18.8. The van der Waals surface area contributed by atoms with Crippen LogP contribution in [0.25, 0.3) is 10.9 Å². The van der Waals surface area contributed by atoms with E-state index in [1.165, 1.54) is 11.6 Å². The molecule has 1 aliphatic rings. The number of carbonyl (C=O) groups excluding carboxylic acids is 2. The molecule has 148 valence electrons. The SMILES string of the molecule is C=CC(=O)N1Cc2ccccc2CC1CNC(=O)c1cc2ccc(OC)cc2[nH]1. The summed E-state index contributed by atoms with van der Waals surface area (Å²) >= 11 is 0. The van der Waals surface area contributed by atoms with Gasteiger partial charge in [-0.15, -0.1) is 0 Å². The minimum atomic E-state index is -0.204. The Balaban J connectivity index is 1.50. The number of hydrogen-bond acceptors (Lipinski definition) is 3. The van der Waals surface area contributed by atoms with Crippen LogP contribution in [0.1, 0.15) is 21.6 Å². The molecule has 1 aromatic heterocycles. The zero-order valence-electron chi connectivity index (χ0n) is 16.3. The van der Waals surface area contributed by atoms with Gasteiger partial charge in [0, 0.05) is 30.1 Å². The quantitative estimate of drug-likeness (QED) is 0.659. The molecule has 6 heteroatoms. The third-order valence-electron chi connectivity index (χ3n) is 5.39. The minimum absolute atomic E-state index is 0.121. The van der Waals surface area contributed by atoms with Gasteiger partial charge >= 0.3 is 0 Å². The number of methoxy groups -OCH3 is 1. The molecule has 29 heavy (non-hydrogen) atoms. The van der Waals surface area contributed by atoms with E-state index < -0.39 is 0 Å². The highest BCUT2D eigenvalue weighted by atomic mass is 16.5. The molecular formula is C23H23N3O3. The molecule has 0 saturated carbocycles. The third kappa shape index (κ3) is 3.74.